The highest BCUT2D eigenvalue weighted by Crippen LogP contribution is 2.20. The van der Waals surface area contributed by atoms with Gasteiger partial charge >= 0.3 is 0 Å². The molecule has 0 aliphatic rings. The molecule has 2 rings (SSSR count). The number of primary amides is 1. The molecule has 0 fully saturated rings. The van der Waals surface area contributed by atoms with Crippen LogP contribution in [0.1, 0.15) is 11.1 Å². The average Bonchev–Trinajstić information content (AvgIpc) is 2.45. The van der Waals surface area contributed by atoms with Gasteiger partial charge in [0.05, 0.1) is 17.8 Å². The van der Waals surface area contributed by atoms with Gasteiger partial charge in [0.15, 0.2) is 0 Å². The van der Waals surface area contributed by atoms with Crippen molar-refractivity contribution in [3.8, 4) is 0 Å². The Bertz CT molecular complexity index is 637. The molecule has 0 aliphatic carbocycles. The van der Waals surface area contributed by atoms with Crippen molar-refractivity contribution in [1.82, 2.24) is 0 Å². The summed E-state index contributed by atoms with van der Waals surface area (Å²) in [5.41, 5.74) is 14.0. The molecule has 20 heavy (non-hydrogen) atoms. The second-order valence-corrected chi connectivity index (χ2v) is 4.39. The summed E-state index contributed by atoms with van der Waals surface area (Å²) >= 11 is 0. The van der Waals surface area contributed by atoms with Gasteiger partial charge in [0.1, 0.15) is 0 Å². The van der Waals surface area contributed by atoms with Crippen LogP contribution in [-0.2, 0) is 17.8 Å². The van der Waals surface area contributed by atoms with Gasteiger partial charge in [0, 0.05) is 6.54 Å². The van der Waals surface area contributed by atoms with E-state index in [1.807, 2.05) is 42.5 Å². The number of rotatable bonds is 5. The molecule has 0 heterocycles. The Balaban J connectivity index is 2.16. The Morgan fingerprint density at radius 3 is 2.05 bits per heavy atom. The minimum atomic E-state index is -0.366. The van der Waals surface area contributed by atoms with Crippen molar-refractivity contribution in [2.75, 3.05) is 0 Å². The summed E-state index contributed by atoms with van der Waals surface area (Å²) in [5.74, 6) is -0.366. The predicted octanol–water partition coefficient (Wildman–Crippen LogP) is 2.59. The summed E-state index contributed by atoms with van der Waals surface area (Å²) in [6.45, 7) is 0.470. The number of azo groups is 1. The van der Waals surface area contributed by atoms with Crippen LogP contribution in [0.25, 0.3) is 0 Å². The molecule has 0 saturated heterocycles. The van der Waals surface area contributed by atoms with Crippen molar-refractivity contribution in [3.63, 3.8) is 0 Å². The van der Waals surface area contributed by atoms with Crippen LogP contribution in [-0.4, -0.2) is 5.91 Å². The molecule has 0 atom stereocenters. The molecule has 4 N–H and O–H groups in total. The maximum absolute atomic E-state index is 10.9. The van der Waals surface area contributed by atoms with Gasteiger partial charge in [-0.05, 0) is 35.4 Å². The van der Waals surface area contributed by atoms with Gasteiger partial charge in [-0.2, -0.15) is 10.2 Å². The first-order chi connectivity index (χ1) is 9.67. The molecule has 2 aromatic rings. The van der Waals surface area contributed by atoms with E-state index in [1.165, 1.54) is 0 Å². The monoisotopic (exact) mass is 268 g/mol. The molecular weight excluding hydrogens is 252 g/mol. The summed E-state index contributed by atoms with van der Waals surface area (Å²) in [7, 11) is 0. The van der Waals surface area contributed by atoms with Gasteiger partial charge in [-0.3, -0.25) is 4.79 Å². The van der Waals surface area contributed by atoms with Gasteiger partial charge in [0.2, 0.25) is 5.91 Å². The van der Waals surface area contributed by atoms with Gasteiger partial charge in [0.25, 0.3) is 0 Å². The van der Waals surface area contributed by atoms with Crippen LogP contribution in [0.5, 0.6) is 0 Å². The van der Waals surface area contributed by atoms with Gasteiger partial charge in [-0.15, -0.1) is 0 Å². The lowest BCUT2D eigenvalue weighted by atomic mass is 10.1. The zero-order chi connectivity index (χ0) is 14.4. The molecule has 0 unspecified atom stereocenters. The fourth-order valence-electron chi connectivity index (χ4n) is 1.79. The van der Waals surface area contributed by atoms with E-state index < -0.39 is 0 Å². The predicted molar refractivity (Wildman–Crippen MR) is 77.8 cm³/mol. The lowest BCUT2D eigenvalue weighted by molar-refractivity contribution is -0.117. The number of carbonyl (C=O) groups excluding carboxylic acids is 1. The summed E-state index contributed by atoms with van der Waals surface area (Å²) in [6.07, 6.45) is 0.200. The zero-order valence-electron chi connectivity index (χ0n) is 11.0. The molecule has 0 saturated carbocycles. The lowest BCUT2D eigenvalue weighted by Gasteiger charge is -1.99. The van der Waals surface area contributed by atoms with E-state index in [0.717, 1.165) is 16.8 Å². The molecule has 0 aliphatic heterocycles. The third kappa shape index (κ3) is 4.00. The molecule has 5 heteroatoms. The molecule has 1 amide bonds. The van der Waals surface area contributed by atoms with Crippen molar-refractivity contribution in [3.05, 3.63) is 59.7 Å². The molecular formula is C15H16N4O. The van der Waals surface area contributed by atoms with Crippen LogP contribution in [0.2, 0.25) is 0 Å². The van der Waals surface area contributed by atoms with Gasteiger partial charge < -0.3 is 11.5 Å². The van der Waals surface area contributed by atoms with Crippen LogP contribution in [0.3, 0.4) is 0 Å². The first-order valence-electron chi connectivity index (χ1n) is 6.25. The third-order valence-corrected chi connectivity index (χ3v) is 2.72. The Kier molecular flexibility index (Phi) is 4.57. The fourth-order valence-corrected chi connectivity index (χ4v) is 1.79. The zero-order valence-corrected chi connectivity index (χ0v) is 11.0. The van der Waals surface area contributed by atoms with E-state index in [2.05, 4.69) is 10.2 Å². The highest BCUT2D eigenvalue weighted by molar-refractivity contribution is 5.76. The largest absolute Gasteiger partial charge is 0.369 e. The summed E-state index contributed by atoms with van der Waals surface area (Å²) in [5, 5.41) is 8.31. The van der Waals surface area contributed by atoms with E-state index in [1.54, 1.807) is 6.07 Å². The van der Waals surface area contributed by atoms with E-state index in [9.17, 15) is 4.79 Å². The molecule has 0 spiro atoms. The number of carbonyl (C=O) groups is 1. The first-order valence-corrected chi connectivity index (χ1v) is 6.25. The maximum Gasteiger partial charge on any atom is 0.221 e. The van der Waals surface area contributed by atoms with Gasteiger partial charge in [-0.25, -0.2) is 0 Å². The summed E-state index contributed by atoms with van der Waals surface area (Å²) < 4.78 is 0. The van der Waals surface area contributed by atoms with Crippen LogP contribution in [0.15, 0.2) is 58.8 Å². The van der Waals surface area contributed by atoms with E-state index in [0.29, 0.717) is 12.2 Å². The summed E-state index contributed by atoms with van der Waals surface area (Å²) in [6, 6.07) is 14.8. The smallest absolute Gasteiger partial charge is 0.221 e. The van der Waals surface area contributed by atoms with Crippen molar-refractivity contribution >= 4 is 17.3 Å². The average molecular weight is 268 g/mol. The number of hydrogen-bond donors (Lipinski definition) is 2. The Labute approximate surface area is 117 Å². The minimum Gasteiger partial charge on any atom is -0.369 e. The van der Waals surface area contributed by atoms with E-state index in [4.69, 9.17) is 11.5 Å². The van der Waals surface area contributed by atoms with Crippen molar-refractivity contribution < 1.29 is 4.79 Å². The minimum absolute atomic E-state index is 0.200. The van der Waals surface area contributed by atoms with Crippen molar-refractivity contribution in [1.29, 1.82) is 0 Å². The lowest BCUT2D eigenvalue weighted by Crippen LogP contribution is -2.13. The number of benzene rings is 2. The fraction of sp³-hybridized carbons (Fsp3) is 0.133. The maximum atomic E-state index is 10.9. The SMILES string of the molecule is NCc1cccc(N=Nc2cccc(CC(N)=O)c2)c1. The Morgan fingerprint density at radius 2 is 1.50 bits per heavy atom. The molecule has 0 radical (unpaired) electrons. The number of nitrogens with two attached hydrogens (primary N) is 2. The topological polar surface area (TPSA) is 93.8 Å². The number of hydrogen-bond acceptors (Lipinski definition) is 4. The van der Waals surface area contributed by atoms with E-state index >= 15 is 0 Å². The van der Waals surface area contributed by atoms with E-state index in [-0.39, 0.29) is 12.3 Å². The molecule has 5 nitrogen and oxygen atoms in total. The molecule has 2 aromatic carbocycles. The number of nitrogens with zero attached hydrogens (tertiary/aromatic N) is 2. The summed E-state index contributed by atoms with van der Waals surface area (Å²) in [4.78, 5) is 10.9. The quantitative estimate of drug-likeness (QED) is 0.815. The molecule has 102 valence electrons. The standard InChI is InChI=1S/C15H16N4O/c16-10-12-4-2-6-14(8-12)19-18-13-5-1-3-11(7-13)9-15(17)20/h1-8H,9-10,16H2,(H2,17,20). The second-order valence-electron chi connectivity index (χ2n) is 4.39. The van der Waals surface area contributed by atoms with Crippen LogP contribution >= 0.6 is 0 Å². The normalized spacial score (nSPS) is 10.8. The van der Waals surface area contributed by atoms with Crippen molar-refractivity contribution in [2.24, 2.45) is 21.7 Å². The van der Waals surface area contributed by atoms with Crippen LogP contribution < -0.4 is 11.5 Å². The highest BCUT2D eigenvalue weighted by atomic mass is 16.1. The third-order valence-electron chi connectivity index (χ3n) is 2.72. The van der Waals surface area contributed by atoms with Crippen LogP contribution in [0, 0.1) is 0 Å². The second kappa shape index (κ2) is 6.58. The van der Waals surface area contributed by atoms with Crippen LogP contribution in [0.4, 0.5) is 11.4 Å². The highest BCUT2D eigenvalue weighted by Gasteiger charge is 1.99. The van der Waals surface area contributed by atoms with Gasteiger partial charge in [-0.1, -0.05) is 24.3 Å². The van der Waals surface area contributed by atoms with Crippen molar-refractivity contribution in [2.45, 2.75) is 13.0 Å². The Hall–Kier alpha value is -2.53. The first kappa shape index (κ1) is 13.9. The molecule has 0 aromatic heterocycles. The number of amides is 1. The Morgan fingerprint density at radius 1 is 0.950 bits per heavy atom. The molecule has 0 bridgehead atoms.